The zero-order chi connectivity index (χ0) is 12.9. The number of benzene rings is 1. The smallest absolute Gasteiger partial charge is 0.185 e. The molecule has 0 spiro atoms. The van der Waals surface area contributed by atoms with E-state index in [0.717, 1.165) is 6.54 Å². The molecular weight excluding hydrogens is 214 g/mol. The number of hydrogen-bond acceptors (Lipinski definition) is 3. The fourth-order valence-corrected chi connectivity index (χ4v) is 1.79. The summed E-state index contributed by atoms with van der Waals surface area (Å²) in [6, 6.07) is 7.38. The van der Waals surface area contributed by atoms with Gasteiger partial charge in [-0.2, -0.15) is 0 Å². The van der Waals surface area contributed by atoms with E-state index in [9.17, 15) is 4.79 Å². The van der Waals surface area contributed by atoms with Crippen molar-refractivity contribution in [2.45, 2.75) is 33.2 Å². The average Bonchev–Trinajstić information content (AvgIpc) is 2.29. The molecule has 0 aromatic heterocycles. The maximum absolute atomic E-state index is 12.4. The monoisotopic (exact) mass is 235 g/mol. The summed E-state index contributed by atoms with van der Waals surface area (Å²) in [6.07, 6.45) is 0. The Labute approximate surface area is 103 Å². The molecule has 0 saturated carbocycles. The van der Waals surface area contributed by atoms with Crippen molar-refractivity contribution in [3.8, 4) is 5.75 Å². The molecule has 0 atom stereocenters. The highest BCUT2D eigenvalue weighted by molar-refractivity contribution is 6.04. The molecule has 1 aromatic carbocycles. The van der Waals surface area contributed by atoms with Gasteiger partial charge in [-0.15, -0.1) is 0 Å². The summed E-state index contributed by atoms with van der Waals surface area (Å²) in [4.78, 5) is 12.4. The third-order valence-corrected chi connectivity index (χ3v) is 2.62. The fraction of sp³-hybridized carbons (Fsp3) is 0.500. The summed E-state index contributed by atoms with van der Waals surface area (Å²) < 4.78 is 5.48. The highest BCUT2D eigenvalue weighted by atomic mass is 16.5. The van der Waals surface area contributed by atoms with Crippen molar-refractivity contribution in [3.63, 3.8) is 0 Å². The van der Waals surface area contributed by atoms with Crippen molar-refractivity contribution in [2.24, 2.45) is 0 Å². The Morgan fingerprint density at radius 1 is 1.29 bits per heavy atom. The van der Waals surface area contributed by atoms with Gasteiger partial charge in [0, 0.05) is 0 Å². The van der Waals surface area contributed by atoms with E-state index in [2.05, 4.69) is 5.32 Å². The van der Waals surface area contributed by atoms with E-state index in [1.807, 2.05) is 52.0 Å². The molecule has 0 saturated heterocycles. The molecule has 0 unspecified atom stereocenters. The molecule has 1 aromatic rings. The lowest BCUT2D eigenvalue weighted by Gasteiger charge is -2.25. The molecule has 0 fully saturated rings. The van der Waals surface area contributed by atoms with Crippen LogP contribution in [0.4, 0.5) is 0 Å². The Bertz CT molecular complexity index is 386. The maximum Gasteiger partial charge on any atom is 0.185 e. The fourth-order valence-electron chi connectivity index (χ4n) is 1.79. The van der Waals surface area contributed by atoms with E-state index in [1.165, 1.54) is 0 Å². The third-order valence-electron chi connectivity index (χ3n) is 2.62. The minimum atomic E-state index is -0.568. The minimum absolute atomic E-state index is 0.0587. The Morgan fingerprint density at radius 2 is 1.94 bits per heavy atom. The molecule has 0 heterocycles. The number of ether oxygens (including phenoxy) is 1. The predicted octanol–water partition coefficient (Wildman–Crippen LogP) is 2.66. The first kappa shape index (κ1) is 13.7. The largest absolute Gasteiger partial charge is 0.493 e. The van der Waals surface area contributed by atoms with Gasteiger partial charge in [0.25, 0.3) is 0 Å². The van der Waals surface area contributed by atoms with Crippen LogP contribution in [0.1, 0.15) is 38.1 Å². The molecule has 0 amide bonds. The van der Waals surface area contributed by atoms with Gasteiger partial charge in [0.15, 0.2) is 5.78 Å². The second kappa shape index (κ2) is 5.82. The van der Waals surface area contributed by atoms with Gasteiger partial charge in [-0.05, 0) is 39.4 Å². The average molecular weight is 235 g/mol. The molecule has 3 heteroatoms. The summed E-state index contributed by atoms with van der Waals surface area (Å²) in [5, 5.41) is 3.18. The summed E-state index contributed by atoms with van der Waals surface area (Å²) in [6.45, 7) is 9.00. The van der Waals surface area contributed by atoms with Gasteiger partial charge in [0.1, 0.15) is 5.75 Å². The van der Waals surface area contributed by atoms with Crippen LogP contribution in [0.2, 0.25) is 0 Å². The Kier molecular flexibility index (Phi) is 4.70. The number of hydrogen-bond donors (Lipinski definition) is 1. The Morgan fingerprint density at radius 3 is 2.53 bits per heavy atom. The first-order valence-electron chi connectivity index (χ1n) is 6.04. The minimum Gasteiger partial charge on any atom is -0.493 e. The lowest BCUT2D eigenvalue weighted by Crippen LogP contribution is -2.46. The van der Waals surface area contributed by atoms with Crippen LogP contribution in [0.25, 0.3) is 0 Å². The molecule has 0 radical (unpaired) electrons. The molecule has 17 heavy (non-hydrogen) atoms. The number of ketones is 1. The zero-order valence-electron chi connectivity index (χ0n) is 11.0. The Hall–Kier alpha value is -1.35. The van der Waals surface area contributed by atoms with Crippen molar-refractivity contribution >= 4 is 5.78 Å². The first-order chi connectivity index (χ1) is 8.03. The number of nitrogens with one attached hydrogen (secondary N) is 1. The van der Waals surface area contributed by atoms with E-state index in [-0.39, 0.29) is 5.78 Å². The number of carbonyl (C=O) groups excluding carboxylic acids is 1. The van der Waals surface area contributed by atoms with Crippen LogP contribution in [0.5, 0.6) is 5.75 Å². The normalized spacial score (nSPS) is 11.3. The molecule has 94 valence electrons. The van der Waals surface area contributed by atoms with Crippen molar-refractivity contribution in [1.82, 2.24) is 5.32 Å². The van der Waals surface area contributed by atoms with Crippen LogP contribution in [-0.4, -0.2) is 24.5 Å². The van der Waals surface area contributed by atoms with Gasteiger partial charge in [-0.3, -0.25) is 4.79 Å². The van der Waals surface area contributed by atoms with E-state index in [0.29, 0.717) is 17.9 Å². The van der Waals surface area contributed by atoms with E-state index in [4.69, 9.17) is 4.74 Å². The van der Waals surface area contributed by atoms with E-state index in [1.54, 1.807) is 0 Å². The van der Waals surface area contributed by atoms with Crippen LogP contribution in [0.3, 0.4) is 0 Å². The molecule has 0 aliphatic heterocycles. The highest BCUT2D eigenvalue weighted by Gasteiger charge is 2.29. The van der Waals surface area contributed by atoms with Crippen LogP contribution in [-0.2, 0) is 0 Å². The molecular formula is C14H21NO2. The molecule has 1 N–H and O–H groups in total. The van der Waals surface area contributed by atoms with E-state index < -0.39 is 5.54 Å². The summed E-state index contributed by atoms with van der Waals surface area (Å²) in [5.74, 6) is 0.717. The highest BCUT2D eigenvalue weighted by Crippen LogP contribution is 2.23. The third kappa shape index (κ3) is 3.30. The first-order valence-corrected chi connectivity index (χ1v) is 6.04. The quantitative estimate of drug-likeness (QED) is 0.770. The molecule has 0 aliphatic rings. The van der Waals surface area contributed by atoms with Crippen molar-refractivity contribution in [1.29, 1.82) is 0 Å². The van der Waals surface area contributed by atoms with Gasteiger partial charge in [-0.25, -0.2) is 0 Å². The zero-order valence-corrected chi connectivity index (χ0v) is 11.0. The van der Waals surface area contributed by atoms with Gasteiger partial charge < -0.3 is 10.1 Å². The van der Waals surface area contributed by atoms with E-state index >= 15 is 0 Å². The van der Waals surface area contributed by atoms with Crippen LogP contribution >= 0.6 is 0 Å². The number of Topliss-reactive ketones (excluding diaryl/α,β-unsaturated/α-hetero) is 1. The van der Waals surface area contributed by atoms with Crippen molar-refractivity contribution in [2.75, 3.05) is 13.2 Å². The lowest BCUT2D eigenvalue weighted by atomic mass is 9.92. The number of likely N-dealkylation sites (N-methyl/N-ethyl adjacent to an activating group) is 1. The number of rotatable bonds is 6. The molecule has 1 rings (SSSR count). The lowest BCUT2D eigenvalue weighted by molar-refractivity contribution is 0.0880. The van der Waals surface area contributed by atoms with Crippen LogP contribution < -0.4 is 10.1 Å². The maximum atomic E-state index is 12.4. The molecule has 3 nitrogen and oxygen atoms in total. The van der Waals surface area contributed by atoms with Crippen molar-refractivity contribution < 1.29 is 9.53 Å². The van der Waals surface area contributed by atoms with Crippen LogP contribution in [0.15, 0.2) is 24.3 Å². The topological polar surface area (TPSA) is 38.3 Å². The summed E-state index contributed by atoms with van der Waals surface area (Å²) in [7, 11) is 0. The van der Waals surface area contributed by atoms with Gasteiger partial charge in [0.05, 0.1) is 17.7 Å². The number of para-hydroxylation sites is 1. The standard InChI is InChI=1S/C14H21NO2/c1-5-15-14(3,4)13(16)11-9-7-8-10-12(11)17-6-2/h7-10,15H,5-6H2,1-4H3. The van der Waals surface area contributed by atoms with Gasteiger partial charge in [-0.1, -0.05) is 19.1 Å². The molecule has 0 bridgehead atoms. The SMILES string of the molecule is CCNC(C)(C)C(=O)c1ccccc1OCC. The Balaban J connectivity index is 3.03. The number of carbonyl (C=O) groups is 1. The predicted molar refractivity (Wildman–Crippen MR) is 69.7 cm³/mol. The summed E-state index contributed by atoms with van der Waals surface area (Å²) in [5.41, 5.74) is 0.0717. The summed E-state index contributed by atoms with van der Waals surface area (Å²) >= 11 is 0. The van der Waals surface area contributed by atoms with Crippen molar-refractivity contribution in [3.05, 3.63) is 29.8 Å². The second-order valence-electron chi connectivity index (χ2n) is 4.41. The van der Waals surface area contributed by atoms with Gasteiger partial charge in [0.2, 0.25) is 0 Å². The molecule has 0 aliphatic carbocycles. The van der Waals surface area contributed by atoms with Gasteiger partial charge >= 0.3 is 0 Å². The second-order valence-corrected chi connectivity index (χ2v) is 4.41. The van der Waals surface area contributed by atoms with Crippen LogP contribution in [0, 0.1) is 0 Å².